The first-order valence-electron chi connectivity index (χ1n) is 11.7. The van der Waals surface area contributed by atoms with E-state index in [1.54, 1.807) is 20.8 Å². The fraction of sp³-hybridized carbons (Fsp3) is 0.444. The molecule has 0 spiro atoms. The molecule has 0 bridgehead atoms. The average molecular weight is 465 g/mol. The van der Waals surface area contributed by atoms with Crippen molar-refractivity contribution < 1.29 is 24.2 Å². The lowest BCUT2D eigenvalue weighted by molar-refractivity contribution is -0.148. The molecule has 3 N–H and O–H groups in total. The third-order valence-electron chi connectivity index (χ3n) is 7.10. The standard InChI is InChI=1S/C27H32N2O5/c1-26(2,3)22(23(30)31)29-24(32)27(13-8-14-27)16-28-25(33)34-15-21-19-11-6-4-9-17(19)18-10-5-7-12-20(18)21/h4-7,9-12,21-22H,8,13-16H2,1-3H3,(H,28,33)(H,29,32)(H,30,31). The maximum Gasteiger partial charge on any atom is 0.407 e. The maximum absolute atomic E-state index is 13.0. The van der Waals surface area contributed by atoms with Gasteiger partial charge in [-0.3, -0.25) is 4.79 Å². The molecular formula is C27H32N2O5. The highest BCUT2D eigenvalue weighted by molar-refractivity contribution is 5.89. The van der Waals surface area contributed by atoms with Gasteiger partial charge in [0.1, 0.15) is 12.6 Å². The second-order valence-electron chi connectivity index (χ2n) is 10.4. The van der Waals surface area contributed by atoms with E-state index in [1.807, 2.05) is 24.3 Å². The summed E-state index contributed by atoms with van der Waals surface area (Å²) in [6.07, 6.45) is 1.47. The molecule has 180 valence electrons. The van der Waals surface area contributed by atoms with Crippen molar-refractivity contribution in [2.45, 2.75) is 52.0 Å². The molecule has 2 aliphatic carbocycles. The molecule has 2 aromatic carbocycles. The lowest BCUT2D eigenvalue weighted by Gasteiger charge is -2.42. The fourth-order valence-corrected chi connectivity index (χ4v) is 4.91. The molecule has 1 saturated carbocycles. The van der Waals surface area contributed by atoms with Crippen LogP contribution in [0.2, 0.25) is 0 Å². The summed E-state index contributed by atoms with van der Waals surface area (Å²) in [5, 5.41) is 15.0. The van der Waals surface area contributed by atoms with E-state index in [1.165, 1.54) is 0 Å². The van der Waals surface area contributed by atoms with Crippen LogP contribution < -0.4 is 10.6 Å². The lowest BCUT2D eigenvalue weighted by atomic mass is 9.67. The summed E-state index contributed by atoms with van der Waals surface area (Å²) in [6.45, 7) is 5.63. The highest BCUT2D eigenvalue weighted by atomic mass is 16.5. The number of carbonyl (C=O) groups is 3. The van der Waals surface area contributed by atoms with E-state index < -0.39 is 28.9 Å². The molecule has 0 radical (unpaired) electrons. The molecule has 1 fully saturated rings. The Hall–Kier alpha value is -3.35. The second kappa shape index (κ2) is 9.12. The highest BCUT2D eigenvalue weighted by Gasteiger charge is 2.47. The van der Waals surface area contributed by atoms with Crippen molar-refractivity contribution in [1.29, 1.82) is 0 Å². The Labute approximate surface area is 199 Å². The summed E-state index contributed by atoms with van der Waals surface area (Å²) in [6, 6.07) is 15.2. The van der Waals surface area contributed by atoms with Crippen molar-refractivity contribution in [3.05, 3.63) is 59.7 Å². The van der Waals surface area contributed by atoms with Gasteiger partial charge in [-0.2, -0.15) is 0 Å². The van der Waals surface area contributed by atoms with E-state index in [-0.39, 0.29) is 25.0 Å². The number of carboxylic acids is 1. The Balaban J connectivity index is 1.37. The van der Waals surface area contributed by atoms with E-state index in [9.17, 15) is 19.5 Å². The molecule has 4 rings (SSSR count). The van der Waals surface area contributed by atoms with Crippen LogP contribution in [0, 0.1) is 10.8 Å². The van der Waals surface area contributed by atoms with E-state index in [0.717, 1.165) is 28.7 Å². The van der Waals surface area contributed by atoms with Crippen LogP contribution in [0.25, 0.3) is 11.1 Å². The first-order valence-corrected chi connectivity index (χ1v) is 11.7. The van der Waals surface area contributed by atoms with Gasteiger partial charge >= 0.3 is 12.1 Å². The van der Waals surface area contributed by atoms with E-state index >= 15 is 0 Å². The van der Waals surface area contributed by atoms with Crippen LogP contribution >= 0.6 is 0 Å². The third kappa shape index (κ3) is 4.52. The number of carbonyl (C=O) groups excluding carboxylic acids is 2. The van der Waals surface area contributed by atoms with Gasteiger partial charge in [0.05, 0.1) is 5.41 Å². The number of amides is 2. The topological polar surface area (TPSA) is 105 Å². The molecule has 0 aliphatic heterocycles. The van der Waals surface area contributed by atoms with E-state index in [2.05, 4.69) is 34.9 Å². The smallest absolute Gasteiger partial charge is 0.407 e. The van der Waals surface area contributed by atoms with Crippen LogP contribution in [0.5, 0.6) is 0 Å². The summed E-state index contributed by atoms with van der Waals surface area (Å²) in [5.74, 6) is -1.44. The van der Waals surface area contributed by atoms with E-state index in [0.29, 0.717) is 12.8 Å². The number of carboxylic acid groups (broad SMARTS) is 1. The molecule has 0 heterocycles. The van der Waals surface area contributed by atoms with Gasteiger partial charge < -0.3 is 20.5 Å². The van der Waals surface area contributed by atoms with Gasteiger partial charge in [-0.05, 0) is 40.5 Å². The quantitative estimate of drug-likeness (QED) is 0.566. The number of rotatable bonds is 7. The van der Waals surface area contributed by atoms with Gasteiger partial charge in [-0.15, -0.1) is 0 Å². The number of hydrogen-bond donors (Lipinski definition) is 3. The molecule has 1 atom stereocenters. The van der Waals surface area contributed by atoms with Gasteiger partial charge in [0, 0.05) is 12.5 Å². The number of alkyl carbamates (subject to hydrolysis) is 1. The molecule has 2 amide bonds. The minimum absolute atomic E-state index is 0.0396. The van der Waals surface area contributed by atoms with Crippen molar-refractivity contribution in [1.82, 2.24) is 10.6 Å². The monoisotopic (exact) mass is 464 g/mol. The van der Waals surface area contributed by atoms with Crippen LogP contribution in [0.3, 0.4) is 0 Å². The minimum Gasteiger partial charge on any atom is -0.480 e. The lowest BCUT2D eigenvalue weighted by Crippen LogP contribution is -2.58. The number of hydrogen-bond acceptors (Lipinski definition) is 4. The summed E-state index contributed by atoms with van der Waals surface area (Å²) in [4.78, 5) is 37.2. The predicted octanol–water partition coefficient (Wildman–Crippen LogP) is 4.31. The molecule has 0 saturated heterocycles. The van der Waals surface area contributed by atoms with Gasteiger partial charge in [0.15, 0.2) is 0 Å². The summed E-state index contributed by atoms with van der Waals surface area (Å²) >= 11 is 0. The van der Waals surface area contributed by atoms with Crippen molar-refractivity contribution in [2.75, 3.05) is 13.2 Å². The van der Waals surface area contributed by atoms with Crippen LogP contribution in [0.1, 0.15) is 57.1 Å². The predicted molar refractivity (Wildman–Crippen MR) is 128 cm³/mol. The van der Waals surface area contributed by atoms with Crippen molar-refractivity contribution in [3.8, 4) is 11.1 Å². The maximum atomic E-state index is 13.0. The zero-order chi connectivity index (χ0) is 24.5. The molecule has 7 heteroatoms. The number of aliphatic carboxylic acids is 1. The first kappa shape index (κ1) is 23.8. The zero-order valence-electron chi connectivity index (χ0n) is 19.9. The Morgan fingerprint density at radius 3 is 2.06 bits per heavy atom. The van der Waals surface area contributed by atoms with Crippen LogP contribution in [0.15, 0.2) is 48.5 Å². The number of benzene rings is 2. The highest BCUT2D eigenvalue weighted by Crippen LogP contribution is 2.44. The van der Waals surface area contributed by atoms with Crippen LogP contribution in [0.4, 0.5) is 4.79 Å². The van der Waals surface area contributed by atoms with Crippen molar-refractivity contribution in [2.24, 2.45) is 10.8 Å². The van der Waals surface area contributed by atoms with Crippen molar-refractivity contribution >= 4 is 18.0 Å². The molecule has 1 unspecified atom stereocenters. The van der Waals surface area contributed by atoms with Crippen LogP contribution in [-0.4, -0.2) is 42.3 Å². The molecule has 0 aromatic heterocycles. The molecular weight excluding hydrogens is 432 g/mol. The van der Waals surface area contributed by atoms with Gasteiger partial charge in [0.2, 0.25) is 5.91 Å². The Kier molecular flexibility index (Phi) is 6.39. The number of nitrogens with one attached hydrogen (secondary N) is 2. The number of ether oxygens (including phenoxy) is 1. The second-order valence-corrected chi connectivity index (χ2v) is 10.4. The summed E-state index contributed by atoms with van der Waals surface area (Å²) in [7, 11) is 0. The van der Waals surface area contributed by atoms with Crippen LogP contribution in [-0.2, 0) is 14.3 Å². The van der Waals surface area contributed by atoms with Gasteiger partial charge in [-0.25, -0.2) is 9.59 Å². The van der Waals surface area contributed by atoms with Gasteiger partial charge in [-0.1, -0.05) is 75.7 Å². The minimum atomic E-state index is -1.07. The largest absolute Gasteiger partial charge is 0.480 e. The normalized spacial score (nSPS) is 17.0. The summed E-state index contributed by atoms with van der Waals surface area (Å²) in [5.41, 5.74) is 3.14. The molecule has 7 nitrogen and oxygen atoms in total. The molecule has 2 aliphatic rings. The van der Waals surface area contributed by atoms with E-state index in [4.69, 9.17) is 4.74 Å². The zero-order valence-corrected chi connectivity index (χ0v) is 19.9. The Morgan fingerprint density at radius 2 is 1.59 bits per heavy atom. The Morgan fingerprint density at radius 1 is 1.03 bits per heavy atom. The SMILES string of the molecule is CC(C)(C)C(NC(=O)C1(CNC(=O)OCC2c3ccccc3-c3ccccc32)CCC1)C(=O)O. The fourth-order valence-electron chi connectivity index (χ4n) is 4.91. The number of fused-ring (bicyclic) bond motifs is 3. The van der Waals surface area contributed by atoms with Gasteiger partial charge in [0.25, 0.3) is 0 Å². The van der Waals surface area contributed by atoms with Crippen molar-refractivity contribution in [3.63, 3.8) is 0 Å². The average Bonchev–Trinajstić information content (AvgIpc) is 3.08. The summed E-state index contributed by atoms with van der Waals surface area (Å²) < 4.78 is 5.58. The Bertz CT molecular complexity index is 1050. The molecule has 34 heavy (non-hydrogen) atoms. The first-order chi connectivity index (χ1) is 16.1. The molecule has 2 aromatic rings. The third-order valence-corrected chi connectivity index (χ3v) is 7.10.